The van der Waals surface area contributed by atoms with E-state index in [0.717, 1.165) is 17.2 Å². The average Bonchev–Trinajstić information content (AvgIpc) is 2.32. The second-order valence-corrected chi connectivity index (χ2v) is 2.64. The highest BCUT2D eigenvalue weighted by Crippen LogP contribution is 2.02. The fraction of sp³-hybridized carbons (Fsp3) is 0.250. The van der Waals surface area contributed by atoms with E-state index in [1.165, 1.54) is 0 Å². The zero-order chi connectivity index (χ0) is 7.84. The lowest BCUT2D eigenvalue weighted by Gasteiger charge is -1.94. The minimum Gasteiger partial charge on any atom is -0.288 e. The van der Waals surface area contributed by atoms with Crippen LogP contribution >= 0.6 is 0 Å². The predicted molar refractivity (Wildman–Crippen MR) is 42.5 cm³/mol. The molecule has 0 bridgehead atoms. The topological polar surface area (TPSA) is 30.2 Å². The van der Waals surface area contributed by atoms with Crippen LogP contribution in [-0.4, -0.2) is 14.4 Å². The Morgan fingerprint density at radius 3 is 3.00 bits per heavy atom. The smallest absolute Gasteiger partial charge is 0.234 e. The van der Waals surface area contributed by atoms with Gasteiger partial charge in [-0.2, -0.15) is 0 Å². The molecular weight excluding hydrogens is 138 g/mol. The third-order valence-electron chi connectivity index (χ3n) is 1.70. The quantitative estimate of drug-likeness (QED) is 0.563. The van der Waals surface area contributed by atoms with E-state index < -0.39 is 0 Å². The molecule has 0 radical (unpaired) electrons. The Morgan fingerprint density at radius 1 is 1.36 bits per heavy atom. The molecular formula is C8H9N3. The molecule has 0 spiro atoms. The van der Waals surface area contributed by atoms with E-state index in [0.29, 0.717) is 0 Å². The van der Waals surface area contributed by atoms with Crippen molar-refractivity contribution in [3.05, 3.63) is 29.8 Å². The summed E-state index contributed by atoms with van der Waals surface area (Å²) < 4.78 is 1.97. The summed E-state index contributed by atoms with van der Waals surface area (Å²) in [6, 6.07) is 1.97. The molecule has 0 aliphatic heterocycles. The molecule has 0 N–H and O–H groups in total. The van der Waals surface area contributed by atoms with Crippen molar-refractivity contribution in [2.24, 2.45) is 0 Å². The lowest BCUT2D eigenvalue weighted by atomic mass is 10.4. The molecule has 2 heterocycles. The third kappa shape index (κ3) is 0.888. The summed E-state index contributed by atoms with van der Waals surface area (Å²) in [6.07, 6.45) is 3.81. The van der Waals surface area contributed by atoms with Gasteiger partial charge in [0.15, 0.2) is 0 Å². The SMILES string of the molecule is Cc1ccn2c(C)cnc2n1. The van der Waals surface area contributed by atoms with Crippen LogP contribution in [-0.2, 0) is 0 Å². The summed E-state index contributed by atoms with van der Waals surface area (Å²) >= 11 is 0. The zero-order valence-corrected chi connectivity index (χ0v) is 6.57. The molecule has 56 valence electrons. The second-order valence-electron chi connectivity index (χ2n) is 2.64. The highest BCUT2D eigenvalue weighted by Gasteiger charge is 1.97. The van der Waals surface area contributed by atoms with E-state index in [4.69, 9.17) is 0 Å². The maximum atomic E-state index is 4.25. The maximum absolute atomic E-state index is 4.25. The third-order valence-corrected chi connectivity index (χ3v) is 1.70. The zero-order valence-electron chi connectivity index (χ0n) is 6.57. The molecule has 0 atom stereocenters. The lowest BCUT2D eigenvalue weighted by Crippen LogP contribution is -1.91. The van der Waals surface area contributed by atoms with Crippen LogP contribution in [0.5, 0.6) is 0 Å². The summed E-state index contributed by atoms with van der Waals surface area (Å²) in [7, 11) is 0. The molecule has 0 aliphatic carbocycles. The van der Waals surface area contributed by atoms with Gasteiger partial charge in [-0.15, -0.1) is 0 Å². The molecule has 2 aromatic rings. The summed E-state index contributed by atoms with van der Waals surface area (Å²) in [5, 5.41) is 0. The Hall–Kier alpha value is -1.38. The Bertz CT molecular complexity index is 389. The van der Waals surface area contributed by atoms with Crippen molar-refractivity contribution < 1.29 is 0 Å². The van der Waals surface area contributed by atoms with Gasteiger partial charge < -0.3 is 0 Å². The van der Waals surface area contributed by atoms with E-state index in [9.17, 15) is 0 Å². The van der Waals surface area contributed by atoms with Gasteiger partial charge in [0, 0.05) is 17.6 Å². The Balaban J connectivity index is 2.86. The number of hydrogen-bond donors (Lipinski definition) is 0. The number of fused-ring (bicyclic) bond motifs is 1. The highest BCUT2D eigenvalue weighted by atomic mass is 15.1. The van der Waals surface area contributed by atoms with Crippen molar-refractivity contribution in [2.75, 3.05) is 0 Å². The number of hydrogen-bond acceptors (Lipinski definition) is 2. The van der Waals surface area contributed by atoms with E-state index >= 15 is 0 Å². The van der Waals surface area contributed by atoms with Gasteiger partial charge in [0.2, 0.25) is 5.78 Å². The van der Waals surface area contributed by atoms with Crippen molar-refractivity contribution in [3.63, 3.8) is 0 Å². The van der Waals surface area contributed by atoms with Gasteiger partial charge in [-0.1, -0.05) is 0 Å². The first-order chi connectivity index (χ1) is 5.27. The number of rotatable bonds is 0. The first kappa shape index (κ1) is 6.34. The van der Waals surface area contributed by atoms with Crippen LogP contribution in [0, 0.1) is 13.8 Å². The fourth-order valence-electron chi connectivity index (χ4n) is 1.08. The van der Waals surface area contributed by atoms with E-state index in [1.807, 2.05) is 36.7 Å². The minimum atomic E-state index is 0.780. The monoisotopic (exact) mass is 147 g/mol. The van der Waals surface area contributed by atoms with Gasteiger partial charge in [0.25, 0.3) is 0 Å². The normalized spacial score (nSPS) is 10.7. The van der Waals surface area contributed by atoms with E-state index in [-0.39, 0.29) is 0 Å². The average molecular weight is 147 g/mol. The molecule has 0 fully saturated rings. The summed E-state index contributed by atoms with van der Waals surface area (Å²) in [4.78, 5) is 8.38. The van der Waals surface area contributed by atoms with Gasteiger partial charge in [0.1, 0.15) is 0 Å². The van der Waals surface area contributed by atoms with Crippen molar-refractivity contribution in [1.82, 2.24) is 14.4 Å². The van der Waals surface area contributed by atoms with Gasteiger partial charge in [-0.25, -0.2) is 9.97 Å². The van der Waals surface area contributed by atoms with Gasteiger partial charge in [-0.3, -0.25) is 4.40 Å². The van der Waals surface area contributed by atoms with E-state index in [2.05, 4.69) is 9.97 Å². The van der Waals surface area contributed by atoms with Crippen LogP contribution in [0.4, 0.5) is 0 Å². The predicted octanol–water partition coefficient (Wildman–Crippen LogP) is 1.35. The maximum Gasteiger partial charge on any atom is 0.234 e. The van der Waals surface area contributed by atoms with Crippen molar-refractivity contribution in [2.45, 2.75) is 13.8 Å². The molecule has 3 nitrogen and oxygen atoms in total. The minimum absolute atomic E-state index is 0.780. The van der Waals surface area contributed by atoms with Crippen LogP contribution in [0.2, 0.25) is 0 Å². The van der Waals surface area contributed by atoms with Crippen molar-refractivity contribution >= 4 is 5.78 Å². The summed E-state index contributed by atoms with van der Waals surface area (Å²) in [5.74, 6) is 0.780. The van der Waals surface area contributed by atoms with Crippen LogP contribution in [0.15, 0.2) is 18.5 Å². The molecule has 3 heteroatoms. The summed E-state index contributed by atoms with van der Waals surface area (Å²) in [5.41, 5.74) is 2.12. The molecule has 0 saturated heterocycles. The van der Waals surface area contributed by atoms with Crippen LogP contribution in [0.1, 0.15) is 11.4 Å². The van der Waals surface area contributed by atoms with Gasteiger partial charge in [-0.05, 0) is 19.9 Å². The van der Waals surface area contributed by atoms with Gasteiger partial charge in [0.05, 0.1) is 6.20 Å². The second kappa shape index (κ2) is 2.05. The number of aromatic nitrogens is 3. The van der Waals surface area contributed by atoms with Crippen molar-refractivity contribution in [3.8, 4) is 0 Å². The first-order valence-electron chi connectivity index (χ1n) is 3.55. The first-order valence-corrected chi connectivity index (χ1v) is 3.55. The Labute approximate surface area is 64.7 Å². The molecule has 11 heavy (non-hydrogen) atoms. The molecule has 0 unspecified atom stereocenters. The van der Waals surface area contributed by atoms with Crippen LogP contribution < -0.4 is 0 Å². The largest absolute Gasteiger partial charge is 0.288 e. The molecule has 2 aromatic heterocycles. The van der Waals surface area contributed by atoms with Crippen LogP contribution in [0.25, 0.3) is 5.78 Å². The Morgan fingerprint density at radius 2 is 2.18 bits per heavy atom. The molecule has 0 amide bonds. The number of aryl methyl sites for hydroxylation is 2. The number of imidazole rings is 1. The molecule has 0 aliphatic rings. The molecule has 0 aromatic carbocycles. The lowest BCUT2D eigenvalue weighted by molar-refractivity contribution is 1.04. The molecule has 0 saturated carbocycles. The Kier molecular flexibility index (Phi) is 1.18. The fourth-order valence-corrected chi connectivity index (χ4v) is 1.08. The van der Waals surface area contributed by atoms with E-state index in [1.54, 1.807) is 0 Å². The number of nitrogens with zero attached hydrogens (tertiary/aromatic N) is 3. The standard InChI is InChI=1S/C8H9N3/c1-6-3-4-11-7(2)5-9-8(11)10-6/h3-5H,1-2H3. The molecule has 2 rings (SSSR count). The van der Waals surface area contributed by atoms with Crippen molar-refractivity contribution in [1.29, 1.82) is 0 Å². The van der Waals surface area contributed by atoms with Gasteiger partial charge >= 0.3 is 0 Å². The highest BCUT2D eigenvalue weighted by molar-refractivity contribution is 5.31. The van der Waals surface area contributed by atoms with Crippen LogP contribution in [0.3, 0.4) is 0 Å². The summed E-state index contributed by atoms with van der Waals surface area (Å²) in [6.45, 7) is 3.97.